The number of carbonyl (C=O) groups is 1. The van der Waals surface area contributed by atoms with Crippen LogP contribution in [0.5, 0.6) is 0 Å². The first-order chi connectivity index (χ1) is 18.2. The first-order valence-electron chi connectivity index (χ1n) is 11.8. The van der Waals surface area contributed by atoms with Gasteiger partial charge in [-0.25, -0.2) is 4.39 Å². The maximum atomic E-state index is 14.0. The zero-order valence-electron chi connectivity index (χ0n) is 20.1. The fourth-order valence-corrected chi connectivity index (χ4v) is 5.97. The van der Waals surface area contributed by atoms with Gasteiger partial charge in [0, 0.05) is 5.75 Å². The SMILES string of the molecule is O=C(O)C(CSC(c1ccccc1)(c1ccccc1)c1ccccc1)N[C@H](c1ccc(F)cc1)C(F)(F)F. The number of alkyl halides is 3. The molecule has 4 aromatic rings. The molecule has 0 saturated carbocycles. The van der Waals surface area contributed by atoms with Crippen molar-refractivity contribution < 1.29 is 27.5 Å². The van der Waals surface area contributed by atoms with Crippen molar-refractivity contribution in [1.82, 2.24) is 5.32 Å². The van der Waals surface area contributed by atoms with E-state index in [9.17, 15) is 27.5 Å². The smallest absolute Gasteiger partial charge is 0.407 e. The van der Waals surface area contributed by atoms with Crippen LogP contribution in [0.15, 0.2) is 115 Å². The second-order valence-corrected chi connectivity index (χ2v) is 9.91. The molecular formula is C30H25F4NO2S. The second-order valence-electron chi connectivity index (χ2n) is 8.67. The summed E-state index contributed by atoms with van der Waals surface area (Å²) >= 11 is 1.24. The minimum absolute atomic E-state index is 0.193. The Labute approximate surface area is 222 Å². The summed E-state index contributed by atoms with van der Waals surface area (Å²) in [6, 6.07) is 28.4. The molecule has 4 rings (SSSR count). The van der Waals surface area contributed by atoms with E-state index < -0.39 is 34.8 Å². The minimum atomic E-state index is -4.80. The van der Waals surface area contributed by atoms with Crippen LogP contribution in [0.1, 0.15) is 28.3 Å². The molecule has 0 aliphatic carbocycles. The van der Waals surface area contributed by atoms with Gasteiger partial charge in [0.25, 0.3) is 0 Å². The van der Waals surface area contributed by atoms with Crippen molar-refractivity contribution in [3.8, 4) is 0 Å². The maximum Gasteiger partial charge on any atom is 0.407 e. The van der Waals surface area contributed by atoms with Crippen LogP contribution < -0.4 is 5.32 Å². The number of halogens is 4. The monoisotopic (exact) mass is 539 g/mol. The van der Waals surface area contributed by atoms with E-state index in [2.05, 4.69) is 5.32 Å². The van der Waals surface area contributed by atoms with E-state index in [1.807, 2.05) is 91.0 Å². The number of nitrogens with one attached hydrogen (secondary N) is 1. The number of thioether (sulfide) groups is 1. The van der Waals surface area contributed by atoms with Crippen molar-refractivity contribution in [3.63, 3.8) is 0 Å². The van der Waals surface area contributed by atoms with Crippen molar-refractivity contribution in [2.24, 2.45) is 0 Å². The van der Waals surface area contributed by atoms with Gasteiger partial charge >= 0.3 is 12.1 Å². The highest BCUT2D eigenvalue weighted by atomic mass is 32.2. The summed E-state index contributed by atoms with van der Waals surface area (Å²) in [4.78, 5) is 12.3. The molecule has 0 amide bonds. The van der Waals surface area contributed by atoms with Gasteiger partial charge in [-0.05, 0) is 34.4 Å². The fraction of sp³-hybridized carbons (Fsp3) is 0.167. The van der Waals surface area contributed by atoms with Gasteiger partial charge in [-0.15, -0.1) is 11.8 Å². The number of hydrogen-bond donors (Lipinski definition) is 2. The van der Waals surface area contributed by atoms with Gasteiger partial charge in [0.15, 0.2) is 0 Å². The highest BCUT2D eigenvalue weighted by Crippen LogP contribution is 2.48. The standard InChI is InChI=1S/C30H25F4NO2S/c31-25-18-16-21(17-19-25)27(30(32,33)34)35-26(28(36)37)20-38-29(22-10-4-1-5-11-22,23-12-6-2-7-13-23)24-14-8-3-9-15-24/h1-19,26-27,35H,20H2,(H,36,37)/t26?,27-/m1/s1. The molecule has 196 valence electrons. The predicted octanol–water partition coefficient (Wildman–Crippen LogP) is 7.20. The number of aliphatic carboxylic acids is 1. The van der Waals surface area contributed by atoms with Crippen LogP contribution in [0.3, 0.4) is 0 Å². The van der Waals surface area contributed by atoms with Crippen LogP contribution in [0.2, 0.25) is 0 Å². The molecule has 38 heavy (non-hydrogen) atoms. The van der Waals surface area contributed by atoms with E-state index in [0.717, 1.165) is 41.0 Å². The summed E-state index contributed by atoms with van der Waals surface area (Å²) < 4.78 is 54.6. The lowest BCUT2D eigenvalue weighted by Crippen LogP contribution is -2.46. The van der Waals surface area contributed by atoms with Crippen molar-refractivity contribution in [2.45, 2.75) is 23.0 Å². The zero-order chi connectivity index (χ0) is 27.2. The molecule has 2 atom stereocenters. The van der Waals surface area contributed by atoms with Gasteiger partial charge in [-0.1, -0.05) is 103 Å². The molecule has 0 aliphatic heterocycles. The predicted molar refractivity (Wildman–Crippen MR) is 141 cm³/mol. The third-order valence-corrected chi connectivity index (χ3v) is 7.84. The van der Waals surface area contributed by atoms with Crippen molar-refractivity contribution in [1.29, 1.82) is 0 Å². The molecule has 0 saturated heterocycles. The van der Waals surface area contributed by atoms with Gasteiger partial charge < -0.3 is 5.11 Å². The zero-order valence-corrected chi connectivity index (χ0v) is 20.9. The van der Waals surface area contributed by atoms with Crippen molar-refractivity contribution in [2.75, 3.05) is 5.75 Å². The average Bonchev–Trinajstić information content (AvgIpc) is 2.92. The molecule has 0 fully saturated rings. The summed E-state index contributed by atoms with van der Waals surface area (Å²) in [5, 5.41) is 12.3. The molecule has 0 bridgehead atoms. The summed E-state index contributed by atoms with van der Waals surface area (Å²) in [5.74, 6) is -2.29. The van der Waals surface area contributed by atoms with E-state index >= 15 is 0 Å². The van der Waals surface area contributed by atoms with Gasteiger partial charge in [0.2, 0.25) is 0 Å². The molecule has 0 heterocycles. The normalized spacial score (nSPS) is 13.6. The Hall–Kier alpha value is -3.62. The van der Waals surface area contributed by atoms with Crippen LogP contribution in [-0.2, 0) is 9.54 Å². The van der Waals surface area contributed by atoms with Gasteiger partial charge in [0.1, 0.15) is 17.9 Å². The molecule has 0 aliphatic rings. The molecule has 0 radical (unpaired) electrons. The third kappa shape index (κ3) is 6.09. The van der Waals surface area contributed by atoms with E-state index in [0.29, 0.717) is 0 Å². The number of hydrogen-bond acceptors (Lipinski definition) is 3. The summed E-state index contributed by atoms with van der Waals surface area (Å²) in [6.07, 6.45) is -4.80. The molecule has 3 nitrogen and oxygen atoms in total. The molecule has 1 unspecified atom stereocenters. The Morgan fingerprint density at radius 2 is 1.16 bits per heavy atom. The number of carboxylic acids is 1. The average molecular weight is 540 g/mol. The van der Waals surface area contributed by atoms with Gasteiger partial charge in [-0.2, -0.15) is 13.2 Å². The summed E-state index contributed by atoms with van der Waals surface area (Å²) in [6.45, 7) is 0. The molecule has 2 N–H and O–H groups in total. The fourth-order valence-electron chi connectivity index (χ4n) is 4.40. The van der Waals surface area contributed by atoms with Gasteiger partial charge in [-0.3, -0.25) is 10.1 Å². The first kappa shape index (κ1) is 27.4. The van der Waals surface area contributed by atoms with Crippen molar-refractivity contribution >= 4 is 17.7 Å². The maximum absolute atomic E-state index is 14.0. The first-order valence-corrected chi connectivity index (χ1v) is 12.8. The molecular weight excluding hydrogens is 514 g/mol. The number of rotatable bonds is 10. The van der Waals surface area contributed by atoms with E-state index in [4.69, 9.17) is 0 Å². The Balaban J connectivity index is 1.75. The van der Waals surface area contributed by atoms with Crippen LogP contribution in [0, 0.1) is 5.82 Å². The molecule has 0 spiro atoms. The van der Waals surface area contributed by atoms with E-state index in [1.54, 1.807) is 0 Å². The van der Waals surface area contributed by atoms with Crippen molar-refractivity contribution in [3.05, 3.63) is 143 Å². The largest absolute Gasteiger partial charge is 0.480 e. The second kappa shape index (κ2) is 11.8. The number of benzene rings is 4. The number of carboxylic acid groups (broad SMARTS) is 1. The third-order valence-electron chi connectivity index (χ3n) is 6.20. The lowest BCUT2D eigenvalue weighted by molar-refractivity contribution is -0.162. The lowest BCUT2D eigenvalue weighted by Gasteiger charge is -2.36. The Morgan fingerprint density at radius 3 is 1.53 bits per heavy atom. The Kier molecular flexibility index (Phi) is 8.54. The van der Waals surface area contributed by atoms with Crippen LogP contribution in [0.25, 0.3) is 0 Å². The van der Waals surface area contributed by atoms with Crippen LogP contribution in [0.4, 0.5) is 17.6 Å². The van der Waals surface area contributed by atoms with Crippen LogP contribution >= 0.6 is 11.8 Å². The Bertz CT molecular complexity index is 1220. The lowest BCUT2D eigenvalue weighted by atomic mass is 9.84. The minimum Gasteiger partial charge on any atom is -0.480 e. The van der Waals surface area contributed by atoms with Crippen LogP contribution in [-0.4, -0.2) is 29.0 Å². The molecule has 0 aromatic heterocycles. The van der Waals surface area contributed by atoms with Gasteiger partial charge in [0.05, 0.1) is 4.75 Å². The van der Waals surface area contributed by atoms with E-state index in [1.165, 1.54) is 11.8 Å². The summed E-state index contributed by atoms with van der Waals surface area (Å²) in [5.41, 5.74) is 2.31. The highest BCUT2D eigenvalue weighted by Gasteiger charge is 2.44. The summed E-state index contributed by atoms with van der Waals surface area (Å²) in [7, 11) is 0. The van der Waals surface area contributed by atoms with E-state index in [-0.39, 0.29) is 11.3 Å². The highest BCUT2D eigenvalue weighted by molar-refractivity contribution is 8.00. The topological polar surface area (TPSA) is 49.3 Å². The Morgan fingerprint density at radius 1 is 0.737 bits per heavy atom. The molecule has 8 heteroatoms. The quantitative estimate of drug-likeness (QED) is 0.165. The molecule has 4 aromatic carbocycles.